The highest BCUT2D eigenvalue weighted by Crippen LogP contribution is 2.35. The molecular formula is C16H25NO. The van der Waals surface area contributed by atoms with Gasteiger partial charge in [-0.3, -0.25) is 0 Å². The van der Waals surface area contributed by atoms with Crippen LogP contribution in [0.5, 0.6) is 5.75 Å². The summed E-state index contributed by atoms with van der Waals surface area (Å²) in [6.07, 6.45) is 1.45. The minimum Gasteiger partial charge on any atom is -0.488 e. The van der Waals surface area contributed by atoms with Gasteiger partial charge in [0.15, 0.2) is 0 Å². The van der Waals surface area contributed by atoms with Gasteiger partial charge in [0.25, 0.3) is 0 Å². The van der Waals surface area contributed by atoms with E-state index in [2.05, 4.69) is 51.2 Å². The maximum absolute atomic E-state index is 6.30. The summed E-state index contributed by atoms with van der Waals surface area (Å²) >= 11 is 0. The van der Waals surface area contributed by atoms with E-state index in [1.165, 1.54) is 11.1 Å². The summed E-state index contributed by atoms with van der Waals surface area (Å²) in [5, 5.41) is 3.36. The lowest BCUT2D eigenvalue weighted by atomic mass is 9.94. The van der Waals surface area contributed by atoms with Crippen LogP contribution in [0, 0.1) is 0 Å². The minimum absolute atomic E-state index is 0.336. The highest BCUT2D eigenvalue weighted by atomic mass is 16.5. The summed E-state index contributed by atoms with van der Waals surface area (Å²) in [5.74, 6) is 2.15. The van der Waals surface area contributed by atoms with Crippen molar-refractivity contribution in [2.45, 2.75) is 52.1 Å². The molecule has 2 nitrogen and oxygen atoms in total. The molecule has 0 bridgehead atoms. The van der Waals surface area contributed by atoms with Crippen molar-refractivity contribution in [3.05, 3.63) is 29.3 Å². The molecule has 0 aliphatic carbocycles. The van der Waals surface area contributed by atoms with Gasteiger partial charge in [0, 0.05) is 6.54 Å². The van der Waals surface area contributed by atoms with Gasteiger partial charge in [0.1, 0.15) is 11.9 Å². The number of nitrogens with one attached hydrogen (secondary N) is 1. The molecule has 2 heteroatoms. The SMILES string of the molecule is CC(C)c1cccc(C(C)C)c1O[C@H]1CCNC1. The van der Waals surface area contributed by atoms with Gasteiger partial charge < -0.3 is 10.1 Å². The Labute approximate surface area is 111 Å². The Balaban J connectivity index is 2.33. The van der Waals surface area contributed by atoms with Gasteiger partial charge in [0.05, 0.1) is 0 Å². The molecule has 0 spiro atoms. The Bertz CT molecular complexity index is 366. The molecule has 0 unspecified atom stereocenters. The van der Waals surface area contributed by atoms with Crippen LogP contribution in [0.3, 0.4) is 0 Å². The van der Waals surface area contributed by atoms with Crippen LogP contribution < -0.4 is 10.1 Å². The predicted molar refractivity (Wildman–Crippen MR) is 76.5 cm³/mol. The molecule has 0 amide bonds. The van der Waals surface area contributed by atoms with Gasteiger partial charge in [-0.05, 0) is 35.9 Å². The first-order valence-corrected chi connectivity index (χ1v) is 7.09. The molecule has 0 aromatic heterocycles. The number of para-hydroxylation sites is 1. The molecule has 1 fully saturated rings. The largest absolute Gasteiger partial charge is 0.488 e. The van der Waals surface area contributed by atoms with Gasteiger partial charge in [0.2, 0.25) is 0 Å². The molecule has 1 aromatic carbocycles. The van der Waals surface area contributed by atoms with Crippen molar-refractivity contribution >= 4 is 0 Å². The van der Waals surface area contributed by atoms with Crippen LogP contribution in [-0.2, 0) is 0 Å². The number of rotatable bonds is 4. The molecule has 1 N–H and O–H groups in total. The average Bonchev–Trinajstić information content (AvgIpc) is 2.81. The summed E-state index contributed by atoms with van der Waals surface area (Å²) in [6.45, 7) is 11.0. The van der Waals surface area contributed by atoms with E-state index in [-0.39, 0.29) is 0 Å². The van der Waals surface area contributed by atoms with E-state index in [0.717, 1.165) is 25.3 Å². The van der Waals surface area contributed by atoms with Gasteiger partial charge in [-0.15, -0.1) is 0 Å². The van der Waals surface area contributed by atoms with Crippen molar-refractivity contribution < 1.29 is 4.74 Å². The van der Waals surface area contributed by atoms with Crippen LogP contribution in [0.25, 0.3) is 0 Å². The van der Waals surface area contributed by atoms with E-state index in [1.807, 2.05) is 0 Å². The Hall–Kier alpha value is -1.02. The third kappa shape index (κ3) is 2.86. The molecule has 1 heterocycles. The molecule has 100 valence electrons. The van der Waals surface area contributed by atoms with Crippen LogP contribution in [0.2, 0.25) is 0 Å². The standard InChI is InChI=1S/C16H25NO/c1-11(2)14-6-5-7-15(12(3)4)16(14)18-13-8-9-17-10-13/h5-7,11-13,17H,8-10H2,1-4H3/t13-/m0/s1. The van der Waals surface area contributed by atoms with Crippen molar-refractivity contribution in [3.63, 3.8) is 0 Å². The zero-order valence-electron chi connectivity index (χ0n) is 12.0. The average molecular weight is 247 g/mol. The molecule has 1 aliphatic heterocycles. The summed E-state index contributed by atoms with van der Waals surface area (Å²) < 4.78 is 6.30. The molecule has 1 atom stereocenters. The third-order valence-electron chi connectivity index (χ3n) is 3.62. The van der Waals surface area contributed by atoms with E-state index in [9.17, 15) is 0 Å². The van der Waals surface area contributed by atoms with Crippen LogP contribution in [0.4, 0.5) is 0 Å². The maximum Gasteiger partial charge on any atom is 0.126 e. The first-order valence-electron chi connectivity index (χ1n) is 7.09. The summed E-state index contributed by atoms with van der Waals surface area (Å²) in [6, 6.07) is 6.56. The second-order valence-electron chi connectivity index (χ2n) is 5.81. The first-order chi connectivity index (χ1) is 8.59. The van der Waals surface area contributed by atoms with E-state index in [4.69, 9.17) is 4.74 Å². The molecule has 1 saturated heterocycles. The van der Waals surface area contributed by atoms with Crippen molar-refractivity contribution in [3.8, 4) is 5.75 Å². The molecule has 0 saturated carbocycles. The Morgan fingerprint density at radius 1 is 1.11 bits per heavy atom. The van der Waals surface area contributed by atoms with Gasteiger partial charge in [-0.25, -0.2) is 0 Å². The third-order valence-corrected chi connectivity index (χ3v) is 3.62. The van der Waals surface area contributed by atoms with Crippen molar-refractivity contribution in [2.75, 3.05) is 13.1 Å². The van der Waals surface area contributed by atoms with E-state index in [1.54, 1.807) is 0 Å². The molecule has 1 aromatic rings. The maximum atomic E-state index is 6.30. The highest BCUT2D eigenvalue weighted by Gasteiger charge is 2.21. The van der Waals surface area contributed by atoms with E-state index >= 15 is 0 Å². The topological polar surface area (TPSA) is 21.3 Å². The number of benzene rings is 1. The summed E-state index contributed by atoms with van der Waals surface area (Å²) in [5.41, 5.74) is 2.68. The highest BCUT2D eigenvalue weighted by molar-refractivity contribution is 5.45. The smallest absolute Gasteiger partial charge is 0.126 e. The van der Waals surface area contributed by atoms with Crippen LogP contribution >= 0.6 is 0 Å². The molecule has 0 radical (unpaired) electrons. The Morgan fingerprint density at radius 3 is 2.17 bits per heavy atom. The van der Waals surface area contributed by atoms with Crippen molar-refractivity contribution in [2.24, 2.45) is 0 Å². The fraction of sp³-hybridized carbons (Fsp3) is 0.625. The van der Waals surface area contributed by atoms with Crippen LogP contribution in [-0.4, -0.2) is 19.2 Å². The molecular weight excluding hydrogens is 222 g/mol. The predicted octanol–water partition coefficient (Wildman–Crippen LogP) is 3.67. The van der Waals surface area contributed by atoms with Crippen LogP contribution in [0.1, 0.15) is 57.1 Å². The fourth-order valence-corrected chi connectivity index (χ4v) is 2.51. The second-order valence-corrected chi connectivity index (χ2v) is 5.81. The fourth-order valence-electron chi connectivity index (χ4n) is 2.51. The molecule has 2 rings (SSSR count). The lowest BCUT2D eigenvalue weighted by Gasteiger charge is -2.22. The molecule has 18 heavy (non-hydrogen) atoms. The van der Waals surface area contributed by atoms with Crippen LogP contribution in [0.15, 0.2) is 18.2 Å². The lowest BCUT2D eigenvalue weighted by molar-refractivity contribution is 0.217. The normalized spacial score (nSPS) is 19.8. The minimum atomic E-state index is 0.336. The van der Waals surface area contributed by atoms with Gasteiger partial charge >= 0.3 is 0 Å². The van der Waals surface area contributed by atoms with E-state index < -0.39 is 0 Å². The Kier molecular flexibility index (Phi) is 4.28. The zero-order chi connectivity index (χ0) is 13.1. The number of hydrogen-bond donors (Lipinski definition) is 1. The van der Waals surface area contributed by atoms with Gasteiger partial charge in [-0.2, -0.15) is 0 Å². The number of hydrogen-bond acceptors (Lipinski definition) is 2. The summed E-state index contributed by atoms with van der Waals surface area (Å²) in [7, 11) is 0. The van der Waals surface area contributed by atoms with Crippen molar-refractivity contribution in [1.29, 1.82) is 0 Å². The van der Waals surface area contributed by atoms with Gasteiger partial charge in [-0.1, -0.05) is 45.9 Å². The quantitative estimate of drug-likeness (QED) is 0.876. The second kappa shape index (κ2) is 5.75. The number of ether oxygens (including phenoxy) is 1. The monoisotopic (exact) mass is 247 g/mol. The van der Waals surface area contributed by atoms with Crippen molar-refractivity contribution in [1.82, 2.24) is 5.32 Å². The molecule has 1 aliphatic rings. The first kappa shape index (κ1) is 13.4. The summed E-state index contributed by atoms with van der Waals surface area (Å²) in [4.78, 5) is 0. The Morgan fingerprint density at radius 2 is 1.72 bits per heavy atom. The zero-order valence-corrected chi connectivity index (χ0v) is 12.0. The van der Waals surface area contributed by atoms with E-state index in [0.29, 0.717) is 17.9 Å². The lowest BCUT2D eigenvalue weighted by Crippen LogP contribution is -2.21.